The molecule has 0 aliphatic carbocycles. The lowest BCUT2D eigenvalue weighted by molar-refractivity contribution is 0.0952. The molecule has 0 unspecified atom stereocenters. The van der Waals surface area contributed by atoms with Crippen molar-refractivity contribution in [2.75, 3.05) is 13.2 Å². The zero-order chi connectivity index (χ0) is 25.5. The maximum atomic E-state index is 12.6. The van der Waals surface area contributed by atoms with E-state index in [-0.39, 0.29) is 5.91 Å². The first-order valence-corrected chi connectivity index (χ1v) is 12.9. The highest BCUT2D eigenvalue weighted by Crippen LogP contribution is 2.19. The van der Waals surface area contributed by atoms with Crippen LogP contribution in [0.15, 0.2) is 60.7 Å². The van der Waals surface area contributed by atoms with Gasteiger partial charge < -0.3 is 14.6 Å². The van der Waals surface area contributed by atoms with Crippen LogP contribution in [-0.4, -0.2) is 28.6 Å². The highest BCUT2D eigenvalue weighted by atomic mass is 16.5. The number of aryl methyl sites for hydroxylation is 6. The molecule has 0 aliphatic heterocycles. The van der Waals surface area contributed by atoms with Crippen molar-refractivity contribution < 1.29 is 9.53 Å². The van der Waals surface area contributed by atoms with Crippen LogP contribution in [0.5, 0.6) is 5.75 Å². The third kappa shape index (κ3) is 6.54. The zero-order valence-electron chi connectivity index (χ0n) is 21.9. The van der Waals surface area contributed by atoms with E-state index in [9.17, 15) is 4.79 Å². The smallest absolute Gasteiger partial charge is 0.251 e. The molecule has 0 bridgehead atoms. The number of nitrogens with zero attached hydrogens (tertiary/aromatic N) is 2. The monoisotopic (exact) mass is 483 g/mol. The summed E-state index contributed by atoms with van der Waals surface area (Å²) in [6.45, 7) is 10.5. The van der Waals surface area contributed by atoms with Gasteiger partial charge in [0.2, 0.25) is 0 Å². The van der Waals surface area contributed by atoms with Crippen LogP contribution >= 0.6 is 0 Å². The summed E-state index contributed by atoms with van der Waals surface area (Å²) in [7, 11) is 0. The van der Waals surface area contributed by atoms with Crippen molar-refractivity contribution in [3.8, 4) is 5.75 Å². The second-order valence-electron chi connectivity index (χ2n) is 9.73. The Labute approximate surface area is 214 Å². The van der Waals surface area contributed by atoms with Crippen molar-refractivity contribution in [2.24, 2.45) is 0 Å². The third-order valence-electron chi connectivity index (χ3n) is 6.46. The van der Waals surface area contributed by atoms with E-state index in [1.807, 2.05) is 38.1 Å². The minimum Gasteiger partial charge on any atom is -0.494 e. The van der Waals surface area contributed by atoms with Gasteiger partial charge in [-0.1, -0.05) is 35.9 Å². The molecule has 4 rings (SSSR count). The Morgan fingerprint density at radius 1 is 0.889 bits per heavy atom. The van der Waals surface area contributed by atoms with E-state index in [1.165, 1.54) is 22.2 Å². The van der Waals surface area contributed by atoms with Gasteiger partial charge in [-0.2, -0.15) is 0 Å². The molecule has 4 aromatic rings. The number of para-hydroxylation sites is 2. The third-order valence-corrected chi connectivity index (χ3v) is 6.46. The fourth-order valence-corrected chi connectivity index (χ4v) is 4.76. The Bertz CT molecular complexity index is 1320. The molecule has 0 saturated carbocycles. The first-order chi connectivity index (χ1) is 17.4. The molecular formula is C31H37N3O2. The molecule has 5 nitrogen and oxygen atoms in total. The maximum Gasteiger partial charge on any atom is 0.251 e. The van der Waals surface area contributed by atoms with Crippen LogP contribution in [0.2, 0.25) is 0 Å². The molecule has 188 valence electrons. The van der Waals surface area contributed by atoms with Crippen molar-refractivity contribution in [3.63, 3.8) is 0 Å². The topological polar surface area (TPSA) is 56.1 Å². The van der Waals surface area contributed by atoms with Crippen LogP contribution in [0.1, 0.15) is 57.7 Å². The van der Waals surface area contributed by atoms with Crippen LogP contribution in [0.4, 0.5) is 0 Å². The number of unbranched alkanes of at least 4 members (excludes halogenated alkanes) is 1. The molecule has 0 radical (unpaired) electrons. The van der Waals surface area contributed by atoms with Crippen molar-refractivity contribution >= 4 is 16.9 Å². The number of nitrogens with one attached hydrogen (secondary N) is 1. The summed E-state index contributed by atoms with van der Waals surface area (Å²) in [6, 6.07) is 20.6. The lowest BCUT2D eigenvalue weighted by Crippen LogP contribution is -2.25. The summed E-state index contributed by atoms with van der Waals surface area (Å²) in [5.41, 5.74) is 7.57. The number of carbonyl (C=O) groups excluding carboxylic acids is 1. The van der Waals surface area contributed by atoms with E-state index >= 15 is 0 Å². The number of benzene rings is 3. The second kappa shape index (κ2) is 11.9. The van der Waals surface area contributed by atoms with Crippen LogP contribution in [0.3, 0.4) is 0 Å². The summed E-state index contributed by atoms with van der Waals surface area (Å²) in [4.78, 5) is 17.5. The van der Waals surface area contributed by atoms with Crippen LogP contribution in [0, 0.1) is 27.7 Å². The van der Waals surface area contributed by atoms with Gasteiger partial charge in [-0.05, 0) is 94.0 Å². The minimum absolute atomic E-state index is 0.00944. The molecule has 0 fully saturated rings. The average Bonchev–Trinajstić information content (AvgIpc) is 3.18. The molecule has 1 amide bonds. The van der Waals surface area contributed by atoms with Crippen LogP contribution in [-0.2, 0) is 13.0 Å². The summed E-state index contributed by atoms with van der Waals surface area (Å²) < 4.78 is 8.32. The van der Waals surface area contributed by atoms with E-state index < -0.39 is 0 Å². The standard InChI is InChI=1S/C31H37N3O2/c1-22-13-14-27(25(4)19-22)31(35)32-15-9-12-30-33-28-10-5-6-11-29(28)34(30)16-7-8-17-36-26-20-23(2)18-24(3)21-26/h5-6,10-11,13-14,18-21H,7-9,12,15-17H2,1-4H3,(H,32,35). The van der Waals surface area contributed by atoms with Gasteiger partial charge in [-0.25, -0.2) is 4.98 Å². The first kappa shape index (κ1) is 25.5. The molecule has 0 atom stereocenters. The minimum atomic E-state index is -0.00944. The SMILES string of the molecule is Cc1cc(C)cc(OCCCCn2c(CCCNC(=O)c3ccc(C)cc3C)nc3ccccc32)c1. The maximum absolute atomic E-state index is 12.6. The van der Waals surface area contributed by atoms with Crippen molar-refractivity contribution in [2.45, 2.75) is 59.9 Å². The highest BCUT2D eigenvalue weighted by molar-refractivity contribution is 5.95. The predicted octanol–water partition coefficient (Wildman–Crippen LogP) is 6.49. The van der Waals surface area contributed by atoms with Crippen molar-refractivity contribution in [1.82, 2.24) is 14.9 Å². The normalized spacial score (nSPS) is 11.1. The van der Waals surface area contributed by atoms with Gasteiger partial charge in [0, 0.05) is 25.1 Å². The average molecular weight is 484 g/mol. The number of imidazole rings is 1. The Morgan fingerprint density at radius 3 is 2.44 bits per heavy atom. The lowest BCUT2D eigenvalue weighted by Gasteiger charge is -2.11. The van der Waals surface area contributed by atoms with E-state index in [2.05, 4.69) is 60.1 Å². The van der Waals surface area contributed by atoms with E-state index in [1.54, 1.807) is 0 Å². The number of ether oxygens (including phenoxy) is 1. The Hall–Kier alpha value is -3.60. The largest absolute Gasteiger partial charge is 0.494 e. The lowest BCUT2D eigenvalue weighted by atomic mass is 10.1. The summed E-state index contributed by atoms with van der Waals surface area (Å²) in [6.07, 6.45) is 3.66. The summed E-state index contributed by atoms with van der Waals surface area (Å²) in [5.74, 6) is 2.01. The van der Waals surface area contributed by atoms with Gasteiger partial charge in [0.1, 0.15) is 11.6 Å². The number of fused-ring (bicyclic) bond motifs is 1. The van der Waals surface area contributed by atoms with Gasteiger partial charge in [0.15, 0.2) is 0 Å². The molecule has 1 N–H and O–H groups in total. The highest BCUT2D eigenvalue weighted by Gasteiger charge is 2.12. The van der Waals surface area contributed by atoms with Crippen molar-refractivity contribution in [1.29, 1.82) is 0 Å². The van der Waals surface area contributed by atoms with Gasteiger partial charge in [-0.15, -0.1) is 0 Å². The van der Waals surface area contributed by atoms with Crippen LogP contribution < -0.4 is 10.1 Å². The van der Waals surface area contributed by atoms with E-state index in [4.69, 9.17) is 9.72 Å². The van der Waals surface area contributed by atoms with Gasteiger partial charge >= 0.3 is 0 Å². The molecule has 3 aromatic carbocycles. The van der Waals surface area contributed by atoms with Gasteiger partial charge in [-0.3, -0.25) is 4.79 Å². The first-order valence-electron chi connectivity index (χ1n) is 12.9. The molecule has 1 heterocycles. The zero-order valence-corrected chi connectivity index (χ0v) is 21.9. The number of hydrogen-bond donors (Lipinski definition) is 1. The van der Waals surface area contributed by atoms with Gasteiger partial charge in [0.05, 0.1) is 17.6 Å². The number of rotatable bonds is 11. The fraction of sp³-hybridized carbons (Fsp3) is 0.355. The summed E-state index contributed by atoms with van der Waals surface area (Å²) >= 11 is 0. The van der Waals surface area contributed by atoms with Crippen molar-refractivity contribution in [3.05, 3.63) is 94.3 Å². The molecule has 0 saturated heterocycles. The Balaban J connectivity index is 1.30. The van der Waals surface area contributed by atoms with E-state index in [0.717, 1.165) is 60.4 Å². The molecule has 0 spiro atoms. The molecule has 36 heavy (non-hydrogen) atoms. The molecule has 5 heteroatoms. The second-order valence-corrected chi connectivity index (χ2v) is 9.73. The number of amides is 1. The quantitative estimate of drug-likeness (QED) is 0.248. The molecule has 1 aromatic heterocycles. The predicted molar refractivity (Wildman–Crippen MR) is 147 cm³/mol. The Morgan fingerprint density at radius 2 is 1.67 bits per heavy atom. The van der Waals surface area contributed by atoms with E-state index in [0.29, 0.717) is 13.2 Å². The number of aromatic nitrogens is 2. The van der Waals surface area contributed by atoms with Crippen LogP contribution in [0.25, 0.3) is 11.0 Å². The number of carbonyl (C=O) groups is 1. The number of hydrogen-bond acceptors (Lipinski definition) is 3. The fourth-order valence-electron chi connectivity index (χ4n) is 4.76. The van der Waals surface area contributed by atoms with Gasteiger partial charge in [0.25, 0.3) is 5.91 Å². The Kier molecular flexibility index (Phi) is 8.42. The molecule has 0 aliphatic rings. The summed E-state index contributed by atoms with van der Waals surface area (Å²) in [5, 5.41) is 3.07. The molecular weight excluding hydrogens is 446 g/mol.